The van der Waals surface area contributed by atoms with Crippen LogP contribution in [0.3, 0.4) is 0 Å². The number of hydrogen-bond acceptors (Lipinski definition) is 6. The molecule has 0 aliphatic carbocycles. The molecule has 11 nitrogen and oxygen atoms in total. The van der Waals surface area contributed by atoms with E-state index >= 15 is 0 Å². The molecular weight excluding hydrogens is 454 g/mol. The number of aliphatic carboxylic acids is 1. The van der Waals surface area contributed by atoms with Crippen LogP contribution in [0.2, 0.25) is 0 Å². The molecule has 0 fully saturated rings. The van der Waals surface area contributed by atoms with E-state index in [1.54, 1.807) is 0 Å². The summed E-state index contributed by atoms with van der Waals surface area (Å²) in [6.45, 7) is 0.322. The highest BCUT2D eigenvalue weighted by Crippen LogP contribution is 2.18. The lowest BCUT2D eigenvalue weighted by molar-refractivity contribution is -0.384. The van der Waals surface area contributed by atoms with Crippen molar-refractivity contribution in [3.63, 3.8) is 0 Å². The predicted molar refractivity (Wildman–Crippen MR) is 129 cm³/mol. The number of aromatic amines is 1. The fourth-order valence-corrected chi connectivity index (χ4v) is 3.68. The average molecular weight is 482 g/mol. The number of carbonyl (C=O) groups excluding carboxylic acids is 2. The van der Waals surface area contributed by atoms with Crippen LogP contribution in [0.1, 0.15) is 35.2 Å². The molecule has 6 N–H and O–H groups in total. The van der Waals surface area contributed by atoms with E-state index in [2.05, 4.69) is 15.6 Å². The highest BCUT2D eigenvalue weighted by molar-refractivity contribution is 5.96. The standard InChI is InChI=1S/C24H27N5O6/c25-19(13-16-14-27-20-6-2-1-5-18(16)20)23(31)26-12-4-3-7-21(24(32)33)28-22(30)15-8-10-17(11-9-15)29(34)35/h1-2,5-6,8-11,14,19,21,27H,3-4,7,12-13,25H2,(H,26,31)(H,28,30)(H,32,33)/t19-,21+/m0/s1. The molecule has 0 bridgehead atoms. The van der Waals surface area contributed by atoms with Crippen molar-refractivity contribution >= 4 is 34.4 Å². The zero-order chi connectivity index (χ0) is 25.4. The summed E-state index contributed by atoms with van der Waals surface area (Å²) in [6, 6.07) is 10.8. The maximum atomic E-state index is 12.3. The summed E-state index contributed by atoms with van der Waals surface area (Å²) in [5, 5.41) is 26.3. The second-order valence-corrected chi connectivity index (χ2v) is 8.13. The maximum Gasteiger partial charge on any atom is 0.326 e. The number of carboxylic acid groups (broad SMARTS) is 1. The van der Waals surface area contributed by atoms with Crippen LogP contribution in [0.25, 0.3) is 10.9 Å². The predicted octanol–water partition coefficient (Wildman–Crippen LogP) is 2.12. The van der Waals surface area contributed by atoms with E-state index in [9.17, 15) is 29.6 Å². The summed E-state index contributed by atoms with van der Waals surface area (Å²) in [7, 11) is 0. The SMILES string of the molecule is N[C@@H](Cc1c[nH]c2ccccc12)C(=O)NCCCC[C@@H](NC(=O)c1ccc([N+](=O)[O-])cc1)C(=O)O. The number of nitrogens with zero attached hydrogens (tertiary/aromatic N) is 1. The minimum atomic E-state index is -1.19. The van der Waals surface area contributed by atoms with Crippen molar-refractivity contribution in [3.8, 4) is 0 Å². The van der Waals surface area contributed by atoms with Gasteiger partial charge in [0.2, 0.25) is 5.91 Å². The Bertz CT molecular complexity index is 1210. The summed E-state index contributed by atoms with van der Waals surface area (Å²) in [6.07, 6.45) is 3.32. The molecule has 0 unspecified atom stereocenters. The average Bonchev–Trinajstić information content (AvgIpc) is 3.25. The Morgan fingerprint density at radius 2 is 1.80 bits per heavy atom. The zero-order valence-electron chi connectivity index (χ0n) is 18.9. The van der Waals surface area contributed by atoms with Crippen LogP contribution in [0.4, 0.5) is 5.69 Å². The Morgan fingerprint density at radius 3 is 2.49 bits per heavy atom. The molecule has 35 heavy (non-hydrogen) atoms. The lowest BCUT2D eigenvalue weighted by Crippen LogP contribution is -2.42. The Kier molecular flexibility index (Phi) is 8.52. The van der Waals surface area contributed by atoms with Crippen LogP contribution in [0.15, 0.2) is 54.7 Å². The van der Waals surface area contributed by atoms with Gasteiger partial charge >= 0.3 is 5.97 Å². The third-order valence-corrected chi connectivity index (χ3v) is 5.61. The van der Waals surface area contributed by atoms with Crippen molar-refractivity contribution < 1.29 is 24.4 Å². The monoisotopic (exact) mass is 481 g/mol. The fourth-order valence-electron chi connectivity index (χ4n) is 3.68. The second-order valence-electron chi connectivity index (χ2n) is 8.13. The van der Waals surface area contributed by atoms with Gasteiger partial charge in [-0.15, -0.1) is 0 Å². The first-order valence-electron chi connectivity index (χ1n) is 11.1. The largest absolute Gasteiger partial charge is 0.480 e. The van der Waals surface area contributed by atoms with Crippen LogP contribution >= 0.6 is 0 Å². The van der Waals surface area contributed by atoms with Crippen LogP contribution in [-0.4, -0.2) is 51.4 Å². The zero-order valence-corrected chi connectivity index (χ0v) is 18.9. The molecule has 11 heteroatoms. The molecule has 2 atom stereocenters. The number of nitrogens with one attached hydrogen (secondary N) is 3. The number of carbonyl (C=O) groups is 3. The van der Waals surface area contributed by atoms with Crippen LogP contribution in [0, 0.1) is 10.1 Å². The van der Waals surface area contributed by atoms with Gasteiger partial charge in [0.1, 0.15) is 6.04 Å². The van der Waals surface area contributed by atoms with E-state index in [1.165, 1.54) is 24.3 Å². The summed E-state index contributed by atoms with van der Waals surface area (Å²) < 4.78 is 0. The number of hydrogen-bond donors (Lipinski definition) is 5. The number of unbranched alkanes of at least 4 members (excludes halogenated alkanes) is 1. The number of nitro benzene ring substituents is 1. The number of non-ortho nitro benzene ring substituents is 1. The van der Waals surface area contributed by atoms with Crippen LogP contribution < -0.4 is 16.4 Å². The van der Waals surface area contributed by atoms with Gasteiger partial charge in [0, 0.05) is 41.3 Å². The number of H-pyrrole nitrogens is 1. The first-order valence-corrected chi connectivity index (χ1v) is 11.1. The Morgan fingerprint density at radius 1 is 1.09 bits per heavy atom. The number of rotatable bonds is 12. The third-order valence-electron chi connectivity index (χ3n) is 5.61. The number of fused-ring (bicyclic) bond motifs is 1. The number of nitrogens with two attached hydrogens (primary N) is 1. The van der Waals surface area contributed by atoms with Gasteiger partial charge in [-0.2, -0.15) is 0 Å². The third kappa shape index (κ3) is 6.87. The highest BCUT2D eigenvalue weighted by atomic mass is 16.6. The number of amides is 2. The molecule has 0 spiro atoms. The normalized spacial score (nSPS) is 12.6. The molecular formula is C24H27N5O6. The van der Waals surface area contributed by atoms with Crippen molar-refractivity contribution in [3.05, 3.63) is 76.0 Å². The van der Waals surface area contributed by atoms with E-state index in [0.29, 0.717) is 25.8 Å². The lowest BCUT2D eigenvalue weighted by Gasteiger charge is -2.15. The fraction of sp³-hybridized carbons (Fsp3) is 0.292. The van der Waals surface area contributed by atoms with Crippen molar-refractivity contribution in [2.45, 2.75) is 37.8 Å². The minimum absolute atomic E-state index is 0.123. The number of para-hydroxylation sites is 1. The van der Waals surface area contributed by atoms with Gasteiger partial charge in [0.25, 0.3) is 11.6 Å². The Labute approximate surface area is 200 Å². The summed E-state index contributed by atoms with van der Waals surface area (Å²) in [4.78, 5) is 49.4. The van der Waals surface area contributed by atoms with E-state index in [4.69, 9.17) is 5.73 Å². The highest BCUT2D eigenvalue weighted by Gasteiger charge is 2.21. The van der Waals surface area contributed by atoms with Gasteiger partial charge in [0.05, 0.1) is 11.0 Å². The van der Waals surface area contributed by atoms with Crippen LogP contribution in [-0.2, 0) is 16.0 Å². The quantitative estimate of drug-likeness (QED) is 0.149. The number of benzene rings is 2. The topological polar surface area (TPSA) is 180 Å². The molecule has 1 aromatic heterocycles. The van der Waals surface area contributed by atoms with Crippen molar-refractivity contribution in [1.29, 1.82) is 0 Å². The van der Waals surface area contributed by atoms with Crippen molar-refractivity contribution in [1.82, 2.24) is 15.6 Å². The van der Waals surface area contributed by atoms with Gasteiger partial charge in [-0.25, -0.2) is 4.79 Å². The van der Waals surface area contributed by atoms with Crippen LogP contribution in [0.5, 0.6) is 0 Å². The molecule has 0 aliphatic rings. The Balaban J connectivity index is 1.40. The van der Waals surface area contributed by atoms with Gasteiger partial charge in [0.15, 0.2) is 0 Å². The van der Waals surface area contributed by atoms with Gasteiger partial charge < -0.3 is 26.5 Å². The molecule has 184 valence electrons. The summed E-state index contributed by atoms with van der Waals surface area (Å²) in [5.74, 6) is -2.12. The van der Waals surface area contributed by atoms with E-state index in [-0.39, 0.29) is 23.6 Å². The van der Waals surface area contributed by atoms with E-state index in [0.717, 1.165) is 16.5 Å². The molecule has 0 saturated heterocycles. The number of carboxylic acids is 1. The molecule has 0 radical (unpaired) electrons. The molecule has 2 aromatic carbocycles. The molecule has 2 amide bonds. The van der Waals surface area contributed by atoms with E-state index < -0.39 is 28.9 Å². The van der Waals surface area contributed by atoms with Crippen molar-refractivity contribution in [2.75, 3.05) is 6.54 Å². The molecule has 1 heterocycles. The van der Waals surface area contributed by atoms with Gasteiger partial charge in [-0.1, -0.05) is 18.2 Å². The number of nitro groups is 1. The molecule has 3 aromatic rings. The second kappa shape index (κ2) is 11.7. The van der Waals surface area contributed by atoms with Gasteiger partial charge in [-0.05, 0) is 49.4 Å². The summed E-state index contributed by atoms with van der Waals surface area (Å²) >= 11 is 0. The first-order chi connectivity index (χ1) is 16.8. The Hall–Kier alpha value is -4.25. The number of aromatic nitrogens is 1. The molecule has 0 saturated carbocycles. The van der Waals surface area contributed by atoms with Crippen molar-refractivity contribution in [2.24, 2.45) is 5.73 Å². The summed E-state index contributed by atoms with van der Waals surface area (Å²) in [5.41, 5.74) is 7.94. The lowest BCUT2D eigenvalue weighted by atomic mass is 10.0. The maximum absolute atomic E-state index is 12.3. The minimum Gasteiger partial charge on any atom is -0.480 e. The van der Waals surface area contributed by atoms with Gasteiger partial charge in [-0.3, -0.25) is 19.7 Å². The molecule has 3 rings (SSSR count). The smallest absolute Gasteiger partial charge is 0.326 e. The molecule has 0 aliphatic heterocycles. The first kappa shape index (κ1) is 25.4. The van der Waals surface area contributed by atoms with E-state index in [1.807, 2.05) is 30.5 Å².